The standard InChI is InChI=1S/C25H28N4O2S/c1-3-4-14-28-19(2)27-29(24(28)30)21-8-10-22(11-9-21)32-23-7-5-6-20(17-23)25(18-26)12-15-31-16-13-25/h5-11,17H,3-4,12-16H2,1-2H3. The second kappa shape index (κ2) is 9.76. The summed E-state index contributed by atoms with van der Waals surface area (Å²) in [5.41, 5.74) is 1.26. The van der Waals surface area contributed by atoms with Crippen LogP contribution in [0.25, 0.3) is 5.69 Å². The summed E-state index contributed by atoms with van der Waals surface area (Å²) in [5, 5.41) is 14.3. The van der Waals surface area contributed by atoms with Gasteiger partial charge < -0.3 is 4.74 Å². The lowest BCUT2D eigenvalue weighted by Gasteiger charge is -2.31. The van der Waals surface area contributed by atoms with Gasteiger partial charge in [0.1, 0.15) is 5.82 Å². The molecule has 166 valence electrons. The zero-order valence-corrected chi connectivity index (χ0v) is 19.4. The van der Waals surface area contributed by atoms with Crippen molar-refractivity contribution < 1.29 is 4.74 Å². The van der Waals surface area contributed by atoms with E-state index in [1.54, 1.807) is 16.3 Å². The lowest BCUT2D eigenvalue weighted by atomic mass is 9.75. The Kier molecular flexibility index (Phi) is 6.83. The van der Waals surface area contributed by atoms with Crippen molar-refractivity contribution in [3.8, 4) is 11.8 Å². The van der Waals surface area contributed by atoms with E-state index in [0.717, 1.165) is 52.5 Å². The molecule has 7 heteroatoms. The van der Waals surface area contributed by atoms with Crippen LogP contribution < -0.4 is 5.69 Å². The number of hydrogen-bond donors (Lipinski definition) is 0. The van der Waals surface area contributed by atoms with Crippen molar-refractivity contribution in [2.75, 3.05) is 13.2 Å². The van der Waals surface area contributed by atoms with Crippen molar-refractivity contribution in [3.05, 3.63) is 70.4 Å². The van der Waals surface area contributed by atoms with E-state index in [0.29, 0.717) is 19.8 Å². The smallest absolute Gasteiger partial charge is 0.350 e. The van der Waals surface area contributed by atoms with Crippen molar-refractivity contribution >= 4 is 11.8 Å². The van der Waals surface area contributed by atoms with Crippen LogP contribution in [-0.4, -0.2) is 27.6 Å². The van der Waals surface area contributed by atoms with Crippen molar-refractivity contribution in [2.24, 2.45) is 0 Å². The van der Waals surface area contributed by atoms with Crippen LogP contribution in [0.3, 0.4) is 0 Å². The molecule has 1 aromatic heterocycles. The van der Waals surface area contributed by atoms with E-state index in [9.17, 15) is 10.1 Å². The predicted octanol–water partition coefficient (Wildman–Crippen LogP) is 4.87. The summed E-state index contributed by atoms with van der Waals surface area (Å²) >= 11 is 1.65. The fourth-order valence-electron chi connectivity index (χ4n) is 4.07. The molecule has 0 unspecified atom stereocenters. The van der Waals surface area contributed by atoms with Gasteiger partial charge in [-0.2, -0.15) is 15.0 Å². The van der Waals surface area contributed by atoms with Crippen molar-refractivity contribution in [2.45, 2.75) is 61.3 Å². The molecule has 0 spiro atoms. The van der Waals surface area contributed by atoms with Crippen LogP contribution in [-0.2, 0) is 16.7 Å². The highest BCUT2D eigenvalue weighted by molar-refractivity contribution is 7.99. The number of benzene rings is 2. The molecule has 1 aliphatic rings. The quantitative estimate of drug-likeness (QED) is 0.516. The lowest BCUT2D eigenvalue weighted by molar-refractivity contribution is 0.0675. The lowest BCUT2D eigenvalue weighted by Crippen LogP contribution is -2.32. The Bertz CT molecular complexity index is 1170. The summed E-state index contributed by atoms with van der Waals surface area (Å²) in [4.78, 5) is 14.9. The van der Waals surface area contributed by atoms with Crippen LogP contribution in [0.5, 0.6) is 0 Å². The number of hydrogen-bond acceptors (Lipinski definition) is 5. The third-order valence-electron chi connectivity index (χ3n) is 6.05. The summed E-state index contributed by atoms with van der Waals surface area (Å²) in [6.07, 6.45) is 3.45. The third kappa shape index (κ3) is 4.52. The Morgan fingerprint density at radius 1 is 1.16 bits per heavy atom. The molecule has 0 bridgehead atoms. The first kappa shape index (κ1) is 22.4. The summed E-state index contributed by atoms with van der Waals surface area (Å²) in [6, 6.07) is 18.7. The number of unbranched alkanes of at least 4 members (excludes halogenated alkanes) is 1. The molecule has 32 heavy (non-hydrogen) atoms. The Hall–Kier alpha value is -2.82. The minimum atomic E-state index is -0.464. The van der Waals surface area contributed by atoms with Crippen LogP contribution in [0.15, 0.2) is 63.1 Å². The maximum atomic E-state index is 12.7. The van der Waals surface area contributed by atoms with Gasteiger partial charge in [0.05, 0.1) is 17.2 Å². The molecule has 0 atom stereocenters. The van der Waals surface area contributed by atoms with E-state index in [-0.39, 0.29) is 5.69 Å². The van der Waals surface area contributed by atoms with Crippen LogP contribution in [0, 0.1) is 18.3 Å². The normalized spacial score (nSPS) is 15.4. The average molecular weight is 449 g/mol. The molecule has 1 aliphatic heterocycles. The Labute approximate surface area is 192 Å². The van der Waals surface area contributed by atoms with Crippen LogP contribution in [0.4, 0.5) is 0 Å². The first-order chi connectivity index (χ1) is 15.6. The van der Waals surface area contributed by atoms with Crippen LogP contribution in [0.1, 0.15) is 44.0 Å². The molecule has 2 aromatic carbocycles. The van der Waals surface area contributed by atoms with E-state index in [2.05, 4.69) is 30.2 Å². The number of aromatic nitrogens is 3. The summed E-state index contributed by atoms with van der Waals surface area (Å²) < 4.78 is 8.68. The van der Waals surface area contributed by atoms with Gasteiger partial charge >= 0.3 is 5.69 Å². The molecular weight excluding hydrogens is 420 g/mol. The summed E-state index contributed by atoms with van der Waals surface area (Å²) in [5.74, 6) is 0.734. The van der Waals surface area contributed by atoms with Crippen LogP contribution in [0.2, 0.25) is 0 Å². The maximum Gasteiger partial charge on any atom is 0.350 e. The third-order valence-corrected chi connectivity index (χ3v) is 7.04. The molecule has 0 saturated carbocycles. The van der Waals surface area contributed by atoms with Gasteiger partial charge in [-0.15, -0.1) is 0 Å². The van der Waals surface area contributed by atoms with E-state index in [4.69, 9.17) is 4.74 Å². The molecule has 2 heterocycles. The Morgan fingerprint density at radius 3 is 2.59 bits per heavy atom. The van der Waals surface area contributed by atoms with Gasteiger partial charge in [-0.3, -0.25) is 4.57 Å². The molecule has 0 aliphatic carbocycles. The number of nitrogens with zero attached hydrogens (tertiary/aromatic N) is 4. The predicted molar refractivity (Wildman–Crippen MR) is 125 cm³/mol. The number of rotatable bonds is 7. The second-order valence-corrected chi connectivity index (χ2v) is 9.32. The molecule has 0 N–H and O–H groups in total. The molecule has 4 rings (SSSR count). The number of aryl methyl sites for hydroxylation is 1. The molecule has 1 fully saturated rings. The fourth-order valence-corrected chi connectivity index (χ4v) is 4.95. The van der Waals surface area contributed by atoms with E-state index < -0.39 is 5.41 Å². The minimum Gasteiger partial charge on any atom is -0.381 e. The first-order valence-electron chi connectivity index (χ1n) is 11.1. The van der Waals surface area contributed by atoms with Gasteiger partial charge in [-0.25, -0.2) is 4.79 Å². The number of nitriles is 1. The molecular formula is C25H28N4O2S. The van der Waals surface area contributed by atoms with Crippen molar-refractivity contribution in [1.29, 1.82) is 5.26 Å². The highest BCUT2D eigenvalue weighted by Crippen LogP contribution is 2.37. The average Bonchev–Trinajstić information content (AvgIpc) is 3.12. The molecule has 0 radical (unpaired) electrons. The maximum absolute atomic E-state index is 12.7. The highest BCUT2D eigenvalue weighted by Gasteiger charge is 2.34. The number of ether oxygens (including phenoxy) is 1. The van der Waals surface area contributed by atoms with Crippen molar-refractivity contribution in [3.63, 3.8) is 0 Å². The highest BCUT2D eigenvalue weighted by atomic mass is 32.2. The zero-order valence-electron chi connectivity index (χ0n) is 18.6. The molecule has 0 amide bonds. The largest absolute Gasteiger partial charge is 0.381 e. The first-order valence-corrected chi connectivity index (χ1v) is 11.9. The summed E-state index contributed by atoms with van der Waals surface area (Å²) in [6.45, 7) is 5.93. The Morgan fingerprint density at radius 2 is 1.91 bits per heavy atom. The van der Waals surface area contributed by atoms with Gasteiger partial charge in [-0.05, 0) is 68.1 Å². The minimum absolute atomic E-state index is 0.0951. The van der Waals surface area contributed by atoms with Gasteiger partial charge in [0.2, 0.25) is 0 Å². The van der Waals surface area contributed by atoms with E-state index in [1.165, 1.54) is 4.68 Å². The Balaban J connectivity index is 1.53. The molecule has 1 saturated heterocycles. The fraction of sp³-hybridized carbons (Fsp3) is 0.400. The van der Waals surface area contributed by atoms with Crippen LogP contribution >= 0.6 is 11.8 Å². The van der Waals surface area contributed by atoms with Gasteiger partial charge in [-0.1, -0.05) is 37.2 Å². The zero-order chi connectivity index (χ0) is 22.6. The monoisotopic (exact) mass is 448 g/mol. The van der Waals surface area contributed by atoms with Crippen molar-refractivity contribution in [1.82, 2.24) is 14.3 Å². The molecule has 3 aromatic rings. The van der Waals surface area contributed by atoms with Gasteiger partial charge in [0.15, 0.2) is 0 Å². The SMILES string of the molecule is CCCCn1c(C)nn(-c2ccc(Sc3cccc(C4(C#N)CCOCC4)c3)cc2)c1=O. The van der Waals surface area contributed by atoms with Gasteiger partial charge in [0, 0.05) is 29.5 Å². The van der Waals surface area contributed by atoms with E-state index >= 15 is 0 Å². The summed E-state index contributed by atoms with van der Waals surface area (Å²) in [7, 11) is 0. The molecule has 6 nitrogen and oxygen atoms in total. The van der Waals surface area contributed by atoms with E-state index in [1.807, 2.05) is 43.3 Å². The topological polar surface area (TPSA) is 72.8 Å². The second-order valence-electron chi connectivity index (χ2n) is 8.18. The van der Waals surface area contributed by atoms with Gasteiger partial charge in [0.25, 0.3) is 0 Å².